The molecule has 9 nitrogen and oxygen atoms in total. The molecule has 0 radical (unpaired) electrons. The summed E-state index contributed by atoms with van der Waals surface area (Å²) in [4.78, 5) is 56.2. The van der Waals surface area contributed by atoms with Gasteiger partial charge < -0.3 is 19.5 Å². The van der Waals surface area contributed by atoms with Crippen LogP contribution in [-0.2, 0) is 25.4 Å². The Morgan fingerprint density at radius 2 is 1.59 bits per heavy atom. The molecule has 0 unspecified atom stereocenters. The van der Waals surface area contributed by atoms with E-state index >= 15 is 0 Å². The van der Waals surface area contributed by atoms with Crippen molar-refractivity contribution in [3.63, 3.8) is 0 Å². The number of ether oxygens (including phenoxy) is 3. The largest absolute Gasteiger partial charge is 0.462 e. The Morgan fingerprint density at radius 1 is 0.891 bits per heavy atom. The molecule has 0 aliphatic heterocycles. The zero-order valence-corrected chi connectivity index (χ0v) is 25.9. The van der Waals surface area contributed by atoms with Gasteiger partial charge in [0.15, 0.2) is 6.61 Å². The van der Waals surface area contributed by atoms with Gasteiger partial charge in [0.2, 0.25) is 0 Å². The first-order valence-corrected chi connectivity index (χ1v) is 15.1. The predicted molar refractivity (Wildman–Crippen MR) is 171 cm³/mol. The van der Waals surface area contributed by atoms with Gasteiger partial charge in [-0.05, 0) is 86.7 Å². The molecular formula is C35H30ClFN2O7. The molecule has 0 bridgehead atoms. The summed E-state index contributed by atoms with van der Waals surface area (Å²) in [5, 5.41) is 3.38. The Bertz CT molecular complexity index is 1830. The maximum atomic E-state index is 14.7. The van der Waals surface area contributed by atoms with E-state index < -0.39 is 36.2 Å². The Balaban J connectivity index is 1.42. The number of benzene rings is 3. The van der Waals surface area contributed by atoms with Crippen molar-refractivity contribution in [1.82, 2.24) is 4.98 Å². The number of amides is 1. The molecule has 0 fully saturated rings. The molecule has 4 aromatic rings. The number of carbonyl (C=O) groups is 4. The number of hydrogen-bond donors (Lipinski definition) is 1. The molecule has 1 N–H and O–H groups in total. The molecule has 11 heteroatoms. The molecular weight excluding hydrogens is 615 g/mol. The van der Waals surface area contributed by atoms with E-state index in [2.05, 4.69) is 5.32 Å². The second-order valence-corrected chi connectivity index (χ2v) is 10.8. The smallest absolute Gasteiger partial charge is 0.339 e. The van der Waals surface area contributed by atoms with Crippen molar-refractivity contribution in [3.05, 3.63) is 105 Å². The molecule has 1 aromatic heterocycles. The molecule has 0 spiro atoms. The van der Waals surface area contributed by atoms with Crippen molar-refractivity contribution in [2.24, 2.45) is 0 Å². The van der Waals surface area contributed by atoms with Gasteiger partial charge in [0.1, 0.15) is 5.82 Å². The Labute approximate surface area is 269 Å². The summed E-state index contributed by atoms with van der Waals surface area (Å²) in [6.45, 7) is 2.85. The Kier molecular flexibility index (Phi) is 10.1. The molecule has 3 aromatic carbocycles. The number of nitrogens with zero attached hydrogens (tertiary/aromatic N) is 1. The second-order valence-electron chi connectivity index (χ2n) is 10.4. The monoisotopic (exact) mass is 644 g/mol. The lowest BCUT2D eigenvalue weighted by Gasteiger charge is -2.22. The third-order valence-electron chi connectivity index (χ3n) is 7.27. The number of rotatable bonds is 9. The highest BCUT2D eigenvalue weighted by atomic mass is 35.5. The van der Waals surface area contributed by atoms with Crippen LogP contribution in [0.5, 0.6) is 0 Å². The fraction of sp³-hybridized carbons (Fsp3) is 0.229. The molecule has 1 heterocycles. The summed E-state index contributed by atoms with van der Waals surface area (Å²) >= 11 is 6.30. The number of nitrogens with one attached hydrogen (secondary N) is 1. The minimum atomic E-state index is -0.734. The fourth-order valence-corrected chi connectivity index (χ4v) is 5.51. The third-order valence-corrected chi connectivity index (χ3v) is 7.60. The summed E-state index contributed by atoms with van der Waals surface area (Å²) in [6.07, 6.45) is 3.45. The van der Waals surface area contributed by atoms with Gasteiger partial charge >= 0.3 is 17.9 Å². The van der Waals surface area contributed by atoms with E-state index in [1.165, 1.54) is 30.3 Å². The molecule has 0 atom stereocenters. The first kappa shape index (κ1) is 32.3. The molecule has 5 rings (SSSR count). The van der Waals surface area contributed by atoms with Crippen LogP contribution in [-0.4, -0.2) is 48.6 Å². The van der Waals surface area contributed by atoms with Gasteiger partial charge in [-0.3, -0.25) is 4.79 Å². The van der Waals surface area contributed by atoms with Crippen LogP contribution in [0.25, 0.3) is 22.6 Å². The molecule has 0 saturated carbocycles. The quantitative estimate of drug-likeness (QED) is 0.152. The lowest BCUT2D eigenvalue weighted by Crippen LogP contribution is -2.23. The topological polar surface area (TPSA) is 121 Å². The summed E-state index contributed by atoms with van der Waals surface area (Å²) in [7, 11) is 0. The molecule has 1 amide bonds. The van der Waals surface area contributed by atoms with E-state index in [0.29, 0.717) is 41.4 Å². The maximum Gasteiger partial charge on any atom is 0.339 e. The standard InChI is InChI=1S/C35H30ClFN2O7/c1-3-44-33(41)21-15-22(34(42)45-4-2)17-23(16-21)38-30(40)19-46-35(43)31-24-10-5-6-14-29(24)39-32-20(9-7-11-25(31)32)18-26-27(36)12-8-13-28(26)37/h5-6,8,10,12-18H,3-4,7,9,11,19H2,1-2H3,(H,38,40). The Hall–Kier alpha value is -5.09. The maximum absolute atomic E-state index is 14.7. The van der Waals surface area contributed by atoms with Crippen LogP contribution in [0.2, 0.25) is 5.02 Å². The first-order chi connectivity index (χ1) is 22.2. The zero-order chi connectivity index (χ0) is 32.8. The molecule has 1 aliphatic carbocycles. The normalized spacial score (nSPS) is 13.2. The SMILES string of the molecule is CCOC(=O)c1cc(NC(=O)COC(=O)c2c3c(nc4ccccc24)C(=Cc2c(F)cccc2Cl)CCC3)cc(C(=O)OCC)c1. The van der Waals surface area contributed by atoms with Crippen LogP contribution in [0, 0.1) is 5.82 Å². The van der Waals surface area contributed by atoms with Gasteiger partial charge in [-0.25, -0.2) is 23.8 Å². The minimum absolute atomic E-state index is 0.0371. The number of esters is 3. The number of anilines is 1. The van der Waals surface area contributed by atoms with Gasteiger partial charge in [0, 0.05) is 16.6 Å². The first-order valence-electron chi connectivity index (χ1n) is 14.7. The van der Waals surface area contributed by atoms with E-state index in [-0.39, 0.29) is 46.2 Å². The minimum Gasteiger partial charge on any atom is -0.462 e. The van der Waals surface area contributed by atoms with Gasteiger partial charge in [-0.2, -0.15) is 0 Å². The number of hydrogen-bond acceptors (Lipinski definition) is 8. The molecule has 46 heavy (non-hydrogen) atoms. The van der Waals surface area contributed by atoms with E-state index in [0.717, 1.165) is 5.57 Å². The number of fused-ring (bicyclic) bond motifs is 2. The van der Waals surface area contributed by atoms with Crippen molar-refractivity contribution in [1.29, 1.82) is 0 Å². The molecule has 0 saturated heterocycles. The van der Waals surface area contributed by atoms with Crippen molar-refractivity contribution >= 4 is 63.7 Å². The number of halogens is 2. The summed E-state index contributed by atoms with van der Waals surface area (Å²) in [5.74, 6) is -3.28. The van der Waals surface area contributed by atoms with Crippen molar-refractivity contribution in [2.45, 2.75) is 33.1 Å². The predicted octanol–water partition coefficient (Wildman–Crippen LogP) is 7.05. The summed E-state index contributed by atoms with van der Waals surface area (Å²) < 4.78 is 30.2. The van der Waals surface area contributed by atoms with Gasteiger partial charge in [-0.15, -0.1) is 0 Å². The van der Waals surface area contributed by atoms with E-state index in [4.69, 9.17) is 30.8 Å². The van der Waals surface area contributed by atoms with Gasteiger partial charge in [-0.1, -0.05) is 35.9 Å². The van der Waals surface area contributed by atoms with Crippen LogP contribution < -0.4 is 5.32 Å². The van der Waals surface area contributed by atoms with Crippen molar-refractivity contribution in [3.8, 4) is 0 Å². The van der Waals surface area contributed by atoms with E-state index in [1.54, 1.807) is 50.3 Å². The number of carbonyl (C=O) groups excluding carboxylic acids is 4. The highest BCUT2D eigenvalue weighted by molar-refractivity contribution is 6.32. The zero-order valence-electron chi connectivity index (χ0n) is 25.2. The number of aromatic nitrogens is 1. The van der Waals surface area contributed by atoms with Gasteiger partial charge in [0.25, 0.3) is 5.91 Å². The number of pyridine rings is 1. The number of para-hydroxylation sites is 1. The average Bonchev–Trinajstić information content (AvgIpc) is 3.04. The van der Waals surface area contributed by atoms with Crippen LogP contribution in [0.3, 0.4) is 0 Å². The number of allylic oxidation sites excluding steroid dienone is 1. The lowest BCUT2D eigenvalue weighted by atomic mass is 9.86. The van der Waals surface area contributed by atoms with Gasteiger partial charge in [0.05, 0.1) is 46.1 Å². The van der Waals surface area contributed by atoms with Crippen LogP contribution in [0.4, 0.5) is 10.1 Å². The van der Waals surface area contributed by atoms with Crippen molar-refractivity contribution < 1.29 is 37.8 Å². The molecule has 1 aliphatic rings. The highest BCUT2D eigenvalue weighted by Crippen LogP contribution is 2.37. The van der Waals surface area contributed by atoms with Crippen LogP contribution in [0.1, 0.15) is 74.6 Å². The van der Waals surface area contributed by atoms with E-state index in [1.807, 2.05) is 0 Å². The highest BCUT2D eigenvalue weighted by Gasteiger charge is 2.27. The fourth-order valence-electron chi connectivity index (χ4n) is 5.30. The summed E-state index contributed by atoms with van der Waals surface area (Å²) in [5.41, 5.74) is 3.14. The summed E-state index contributed by atoms with van der Waals surface area (Å²) in [6, 6.07) is 15.6. The van der Waals surface area contributed by atoms with Crippen LogP contribution in [0.15, 0.2) is 60.7 Å². The van der Waals surface area contributed by atoms with Crippen LogP contribution >= 0.6 is 11.6 Å². The Morgan fingerprint density at radius 3 is 2.26 bits per heavy atom. The van der Waals surface area contributed by atoms with E-state index in [9.17, 15) is 23.6 Å². The molecule has 236 valence electrons. The van der Waals surface area contributed by atoms with Crippen molar-refractivity contribution in [2.75, 3.05) is 25.1 Å². The third kappa shape index (κ3) is 7.07. The lowest BCUT2D eigenvalue weighted by molar-refractivity contribution is -0.119. The second kappa shape index (κ2) is 14.3. The average molecular weight is 645 g/mol.